The number of nitriles is 1. The standard InChI is InChI=1S/C14H16N4/c1-11(13-5-3-12(9-15)4-6-13)16-10-14-7-8-17-18(14)2/h3-8,11,16H,10H2,1-2H3. The highest BCUT2D eigenvalue weighted by Crippen LogP contribution is 2.13. The highest BCUT2D eigenvalue weighted by atomic mass is 15.3. The van der Waals surface area contributed by atoms with Gasteiger partial charge in [0, 0.05) is 25.8 Å². The number of rotatable bonds is 4. The molecule has 1 unspecified atom stereocenters. The number of aryl methyl sites for hydroxylation is 1. The molecule has 1 aromatic heterocycles. The lowest BCUT2D eigenvalue weighted by Gasteiger charge is -2.14. The van der Waals surface area contributed by atoms with Crippen molar-refractivity contribution in [2.75, 3.05) is 0 Å². The molecule has 0 aliphatic heterocycles. The average molecular weight is 240 g/mol. The Balaban J connectivity index is 1.97. The van der Waals surface area contributed by atoms with Crippen molar-refractivity contribution in [1.82, 2.24) is 15.1 Å². The quantitative estimate of drug-likeness (QED) is 0.890. The van der Waals surface area contributed by atoms with Crippen LogP contribution in [-0.2, 0) is 13.6 Å². The van der Waals surface area contributed by atoms with Crippen molar-refractivity contribution in [2.45, 2.75) is 19.5 Å². The minimum absolute atomic E-state index is 0.243. The maximum Gasteiger partial charge on any atom is 0.0991 e. The van der Waals surface area contributed by atoms with Gasteiger partial charge in [0.2, 0.25) is 0 Å². The zero-order chi connectivity index (χ0) is 13.0. The van der Waals surface area contributed by atoms with E-state index in [4.69, 9.17) is 5.26 Å². The van der Waals surface area contributed by atoms with Crippen LogP contribution >= 0.6 is 0 Å². The zero-order valence-electron chi connectivity index (χ0n) is 10.6. The van der Waals surface area contributed by atoms with Crippen LogP contribution < -0.4 is 5.32 Å². The highest BCUT2D eigenvalue weighted by molar-refractivity contribution is 5.32. The molecule has 0 aliphatic carbocycles. The highest BCUT2D eigenvalue weighted by Gasteiger charge is 2.06. The summed E-state index contributed by atoms with van der Waals surface area (Å²) >= 11 is 0. The van der Waals surface area contributed by atoms with Crippen LogP contribution in [0.25, 0.3) is 0 Å². The molecule has 0 aliphatic rings. The lowest BCUT2D eigenvalue weighted by Crippen LogP contribution is -2.19. The number of hydrogen-bond acceptors (Lipinski definition) is 3. The molecule has 0 spiro atoms. The van der Waals surface area contributed by atoms with Gasteiger partial charge >= 0.3 is 0 Å². The molecule has 0 fully saturated rings. The largest absolute Gasteiger partial charge is 0.305 e. The molecular weight excluding hydrogens is 224 g/mol. The van der Waals surface area contributed by atoms with Crippen LogP contribution in [0.4, 0.5) is 0 Å². The van der Waals surface area contributed by atoms with E-state index >= 15 is 0 Å². The molecule has 2 rings (SSSR count). The van der Waals surface area contributed by atoms with Crippen molar-refractivity contribution in [2.24, 2.45) is 7.05 Å². The molecule has 1 N–H and O–H groups in total. The van der Waals surface area contributed by atoms with Gasteiger partial charge in [0.15, 0.2) is 0 Å². The average Bonchev–Trinajstić information content (AvgIpc) is 2.81. The summed E-state index contributed by atoms with van der Waals surface area (Å²) in [7, 11) is 1.93. The fourth-order valence-electron chi connectivity index (χ4n) is 1.80. The molecule has 4 heteroatoms. The molecule has 1 heterocycles. The van der Waals surface area contributed by atoms with E-state index in [0.29, 0.717) is 5.56 Å². The Bertz CT molecular complexity index is 548. The third kappa shape index (κ3) is 2.76. The predicted octanol–water partition coefficient (Wildman–Crippen LogP) is 2.14. The van der Waals surface area contributed by atoms with E-state index in [1.165, 1.54) is 5.56 Å². The second-order valence-electron chi connectivity index (χ2n) is 4.28. The van der Waals surface area contributed by atoms with Crippen molar-refractivity contribution < 1.29 is 0 Å². The van der Waals surface area contributed by atoms with Crippen LogP contribution in [-0.4, -0.2) is 9.78 Å². The Morgan fingerprint density at radius 1 is 1.33 bits per heavy atom. The molecule has 0 saturated heterocycles. The topological polar surface area (TPSA) is 53.6 Å². The number of benzene rings is 1. The van der Waals surface area contributed by atoms with E-state index < -0.39 is 0 Å². The van der Waals surface area contributed by atoms with Gasteiger partial charge in [0.1, 0.15) is 0 Å². The molecule has 92 valence electrons. The van der Waals surface area contributed by atoms with Gasteiger partial charge < -0.3 is 5.32 Å². The monoisotopic (exact) mass is 240 g/mol. The van der Waals surface area contributed by atoms with Crippen molar-refractivity contribution in [3.05, 3.63) is 53.3 Å². The maximum atomic E-state index is 8.75. The van der Waals surface area contributed by atoms with E-state index in [1.54, 1.807) is 6.20 Å². The zero-order valence-corrected chi connectivity index (χ0v) is 10.6. The van der Waals surface area contributed by atoms with Crippen LogP contribution in [0, 0.1) is 11.3 Å². The molecule has 18 heavy (non-hydrogen) atoms. The van der Waals surface area contributed by atoms with Crippen LogP contribution in [0.3, 0.4) is 0 Å². The fraction of sp³-hybridized carbons (Fsp3) is 0.286. The summed E-state index contributed by atoms with van der Waals surface area (Å²) < 4.78 is 1.86. The fourth-order valence-corrected chi connectivity index (χ4v) is 1.80. The van der Waals surface area contributed by atoms with Crippen LogP contribution in [0.5, 0.6) is 0 Å². The first-order valence-corrected chi connectivity index (χ1v) is 5.91. The van der Waals surface area contributed by atoms with E-state index in [0.717, 1.165) is 12.2 Å². The second kappa shape index (κ2) is 5.48. The Kier molecular flexibility index (Phi) is 3.75. The van der Waals surface area contributed by atoms with Gasteiger partial charge in [-0.1, -0.05) is 12.1 Å². The molecule has 0 radical (unpaired) electrons. The summed E-state index contributed by atoms with van der Waals surface area (Å²) in [6, 6.07) is 12.0. The van der Waals surface area contributed by atoms with Gasteiger partial charge in [-0.2, -0.15) is 10.4 Å². The third-order valence-electron chi connectivity index (χ3n) is 3.05. The normalized spacial score (nSPS) is 12.1. The summed E-state index contributed by atoms with van der Waals surface area (Å²) in [6.45, 7) is 2.88. The van der Waals surface area contributed by atoms with Crippen molar-refractivity contribution >= 4 is 0 Å². The minimum Gasteiger partial charge on any atom is -0.305 e. The lowest BCUT2D eigenvalue weighted by molar-refractivity contribution is 0.548. The number of nitrogens with zero attached hydrogens (tertiary/aromatic N) is 3. The van der Waals surface area contributed by atoms with E-state index in [-0.39, 0.29) is 6.04 Å². The first-order chi connectivity index (χ1) is 8.70. The molecule has 1 aromatic carbocycles. The van der Waals surface area contributed by atoms with Crippen molar-refractivity contribution in [3.63, 3.8) is 0 Å². The second-order valence-corrected chi connectivity index (χ2v) is 4.28. The summed E-state index contributed by atoms with van der Waals surface area (Å²) in [5, 5.41) is 16.3. The van der Waals surface area contributed by atoms with E-state index in [2.05, 4.69) is 23.4 Å². The Morgan fingerprint density at radius 3 is 2.61 bits per heavy atom. The predicted molar refractivity (Wildman–Crippen MR) is 69.6 cm³/mol. The molecular formula is C14H16N4. The van der Waals surface area contributed by atoms with Crippen molar-refractivity contribution in [1.29, 1.82) is 5.26 Å². The van der Waals surface area contributed by atoms with Gasteiger partial charge in [-0.05, 0) is 30.7 Å². The van der Waals surface area contributed by atoms with Crippen LogP contribution in [0.2, 0.25) is 0 Å². The lowest BCUT2D eigenvalue weighted by atomic mass is 10.1. The van der Waals surface area contributed by atoms with E-state index in [9.17, 15) is 0 Å². The van der Waals surface area contributed by atoms with Crippen molar-refractivity contribution in [3.8, 4) is 6.07 Å². The first kappa shape index (κ1) is 12.3. The van der Waals surface area contributed by atoms with Crippen LogP contribution in [0.1, 0.15) is 29.8 Å². The SMILES string of the molecule is CC(NCc1ccnn1C)c1ccc(C#N)cc1. The van der Waals surface area contributed by atoms with Gasteiger partial charge in [0.05, 0.1) is 17.3 Å². The van der Waals surface area contributed by atoms with Crippen LogP contribution in [0.15, 0.2) is 36.5 Å². The number of hydrogen-bond donors (Lipinski definition) is 1. The third-order valence-corrected chi connectivity index (χ3v) is 3.05. The molecule has 2 aromatic rings. The molecule has 1 atom stereocenters. The van der Waals surface area contributed by atoms with Gasteiger partial charge in [-0.15, -0.1) is 0 Å². The number of aromatic nitrogens is 2. The first-order valence-electron chi connectivity index (χ1n) is 5.91. The molecule has 0 bridgehead atoms. The Labute approximate surface area is 107 Å². The number of nitrogens with one attached hydrogen (secondary N) is 1. The van der Waals surface area contributed by atoms with Gasteiger partial charge in [-0.3, -0.25) is 4.68 Å². The summed E-state index contributed by atoms with van der Waals surface area (Å²) in [5.74, 6) is 0. The molecule has 4 nitrogen and oxygen atoms in total. The van der Waals surface area contributed by atoms with Gasteiger partial charge in [-0.25, -0.2) is 0 Å². The smallest absolute Gasteiger partial charge is 0.0991 e. The summed E-state index contributed by atoms with van der Waals surface area (Å²) in [4.78, 5) is 0. The van der Waals surface area contributed by atoms with Gasteiger partial charge in [0.25, 0.3) is 0 Å². The summed E-state index contributed by atoms with van der Waals surface area (Å²) in [5.41, 5.74) is 3.02. The summed E-state index contributed by atoms with van der Waals surface area (Å²) in [6.07, 6.45) is 1.80. The molecule has 0 amide bonds. The minimum atomic E-state index is 0.243. The maximum absolute atomic E-state index is 8.75. The van der Waals surface area contributed by atoms with E-state index in [1.807, 2.05) is 42.1 Å². The Hall–Kier alpha value is -2.12. The Morgan fingerprint density at radius 2 is 2.06 bits per heavy atom. The molecule has 0 saturated carbocycles.